The zero-order chi connectivity index (χ0) is 17.9. The van der Waals surface area contributed by atoms with Crippen LogP contribution in [0, 0.1) is 12.7 Å². The second-order valence-electron chi connectivity index (χ2n) is 5.85. The number of fused-ring (bicyclic) bond motifs is 1. The second kappa shape index (κ2) is 7.17. The molecule has 0 aliphatic rings. The highest BCUT2D eigenvalue weighted by atomic mass is 32.1. The van der Waals surface area contributed by atoms with E-state index < -0.39 is 0 Å². The van der Waals surface area contributed by atoms with E-state index in [0.717, 1.165) is 34.6 Å². The Morgan fingerprint density at radius 2 is 2.04 bits per heavy atom. The Hall–Kier alpha value is -2.87. The van der Waals surface area contributed by atoms with Gasteiger partial charge in [0.15, 0.2) is 0 Å². The maximum Gasteiger partial charge on any atom is 0.227 e. The van der Waals surface area contributed by atoms with E-state index in [2.05, 4.69) is 38.4 Å². The Kier molecular flexibility index (Phi) is 4.57. The molecule has 0 spiro atoms. The summed E-state index contributed by atoms with van der Waals surface area (Å²) in [4.78, 5) is 15.2. The second-order valence-corrected chi connectivity index (χ2v) is 7.08. The van der Waals surface area contributed by atoms with E-state index in [4.69, 9.17) is 4.52 Å². The van der Waals surface area contributed by atoms with Gasteiger partial charge in [-0.15, -0.1) is 11.3 Å². The lowest BCUT2D eigenvalue weighted by atomic mass is 10.2. The van der Waals surface area contributed by atoms with Gasteiger partial charge in [-0.3, -0.25) is 0 Å². The molecule has 0 atom stereocenters. The number of rotatable bonds is 6. The van der Waals surface area contributed by atoms with E-state index in [1.165, 1.54) is 17.0 Å². The quantitative estimate of drug-likeness (QED) is 0.513. The molecule has 132 valence electrons. The molecule has 0 aliphatic carbocycles. The van der Waals surface area contributed by atoms with E-state index >= 15 is 0 Å². The molecular weight excluding hydrogens is 353 g/mol. The molecule has 3 aromatic heterocycles. The van der Waals surface area contributed by atoms with Crippen LogP contribution in [0.4, 0.5) is 10.2 Å². The van der Waals surface area contributed by atoms with Crippen molar-refractivity contribution in [2.75, 3.05) is 11.9 Å². The van der Waals surface area contributed by atoms with Crippen molar-refractivity contribution in [1.29, 1.82) is 0 Å². The number of thiophene rings is 1. The average molecular weight is 369 g/mol. The monoisotopic (exact) mass is 369 g/mol. The SMILES string of the molecule is Cc1cc2c(NCCCc3nc(-c4ccc(F)cc4)no3)ncnc2s1. The smallest absolute Gasteiger partial charge is 0.227 e. The van der Waals surface area contributed by atoms with Crippen LogP contribution in [0.25, 0.3) is 21.6 Å². The van der Waals surface area contributed by atoms with Crippen LogP contribution in [-0.4, -0.2) is 26.7 Å². The van der Waals surface area contributed by atoms with Gasteiger partial charge in [0, 0.05) is 23.4 Å². The zero-order valence-corrected chi connectivity index (χ0v) is 14.9. The molecular formula is C18H16FN5OS. The third kappa shape index (κ3) is 3.55. The van der Waals surface area contributed by atoms with Gasteiger partial charge in [0.1, 0.15) is 22.8 Å². The van der Waals surface area contributed by atoms with Gasteiger partial charge in [-0.2, -0.15) is 4.98 Å². The minimum atomic E-state index is -0.289. The van der Waals surface area contributed by atoms with Crippen molar-refractivity contribution in [1.82, 2.24) is 20.1 Å². The van der Waals surface area contributed by atoms with Crippen LogP contribution < -0.4 is 5.32 Å². The minimum Gasteiger partial charge on any atom is -0.369 e. The van der Waals surface area contributed by atoms with Gasteiger partial charge in [0.05, 0.1) is 5.39 Å². The molecule has 1 N–H and O–H groups in total. The molecule has 4 rings (SSSR count). The first-order valence-electron chi connectivity index (χ1n) is 8.22. The molecule has 0 unspecified atom stereocenters. The first kappa shape index (κ1) is 16.6. The molecule has 3 heterocycles. The van der Waals surface area contributed by atoms with E-state index in [1.807, 2.05) is 0 Å². The van der Waals surface area contributed by atoms with Crippen LogP contribution >= 0.6 is 11.3 Å². The van der Waals surface area contributed by atoms with Crippen molar-refractivity contribution in [2.45, 2.75) is 19.8 Å². The molecule has 26 heavy (non-hydrogen) atoms. The number of hydrogen-bond donors (Lipinski definition) is 1. The number of aryl methyl sites for hydroxylation is 2. The molecule has 1 aromatic carbocycles. The third-order valence-corrected chi connectivity index (χ3v) is 4.84. The van der Waals surface area contributed by atoms with Crippen LogP contribution in [0.15, 0.2) is 41.2 Å². The summed E-state index contributed by atoms with van der Waals surface area (Å²) >= 11 is 1.66. The summed E-state index contributed by atoms with van der Waals surface area (Å²) in [6.07, 6.45) is 3.05. The molecule has 0 radical (unpaired) electrons. The summed E-state index contributed by atoms with van der Waals surface area (Å²) < 4.78 is 18.2. The van der Waals surface area contributed by atoms with Crippen LogP contribution in [0.5, 0.6) is 0 Å². The van der Waals surface area contributed by atoms with Gasteiger partial charge in [-0.25, -0.2) is 14.4 Å². The predicted octanol–water partition coefficient (Wildman–Crippen LogP) is 4.23. The lowest BCUT2D eigenvalue weighted by molar-refractivity contribution is 0.377. The number of aromatic nitrogens is 4. The summed E-state index contributed by atoms with van der Waals surface area (Å²) in [6, 6.07) is 8.12. The van der Waals surface area contributed by atoms with E-state index in [1.54, 1.807) is 29.8 Å². The fourth-order valence-corrected chi connectivity index (χ4v) is 3.48. The number of halogens is 1. The fraction of sp³-hybridized carbons (Fsp3) is 0.222. The van der Waals surface area contributed by atoms with Crippen LogP contribution in [0.2, 0.25) is 0 Å². The number of hydrogen-bond acceptors (Lipinski definition) is 7. The van der Waals surface area contributed by atoms with E-state index in [-0.39, 0.29) is 5.82 Å². The minimum absolute atomic E-state index is 0.289. The zero-order valence-electron chi connectivity index (χ0n) is 14.1. The third-order valence-electron chi connectivity index (χ3n) is 3.88. The van der Waals surface area contributed by atoms with Crippen LogP contribution in [0.1, 0.15) is 17.2 Å². The molecule has 0 saturated heterocycles. The van der Waals surface area contributed by atoms with Crippen molar-refractivity contribution in [2.24, 2.45) is 0 Å². The molecule has 0 fully saturated rings. The molecule has 8 heteroatoms. The molecule has 0 aliphatic heterocycles. The number of nitrogens with zero attached hydrogens (tertiary/aromatic N) is 4. The van der Waals surface area contributed by atoms with Crippen molar-refractivity contribution in [3.63, 3.8) is 0 Å². The molecule has 0 saturated carbocycles. The highest BCUT2D eigenvalue weighted by Crippen LogP contribution is 2.27. The Morgan fingerprint density at radius 1 is 1.19 bits per heavy atom. The van der Waals surface area contributed by atoms with Gasteiger partial charge in [-0.1, -0.05) is 5.16 Å². The van der Waals surface area contributed by atoms with Gasteiger partial charge in [0.25, 0.3) is 0 Å². The topological polar surface area (TPSA) is 76.7 Å². The summed E-state index contributed by atoms with van der Waals surface area (Å²) in [5.74, 6) is 1.59. The van der Waals surface area contributed by atoms with Gasteiger partial charge in [-0.05, 0) is 43.7 Å². The van der Waals surface area contributed by atoms with Gasteiger partial charge < -0.3 is 9.84 Å². The number of benzene rings is 1. The molecule has 0 bridgehead atoms. The number of anilines is 1. The largest absolute Gasteiger partial charge is 0.369 e. The standard InChI is InChI=1S/C18H16FN5OS/c1-11-9-14-17(21-10-22-18(14)26-11)20-8-2-3-15-23-16(24-25-15)12-4-6-13(19)7-5-12/h4-7,9-10H,2-3,8H2,1H3,(H,20,21,22). The number of nitrogens with one attached hydrogen (secondary N) is 1. The molecule has 6 nitrogen and oxygen atoms in total. The predicted molar refractivity (Wildman–Crippen MR) is 98.7 cm³/mol. The highest BCUT2D eigenvalue weighted by molar-refractivity contribution is 7.18. The Balaban J connectivity index is 1.34. The maximum atomic E-state index is 13.0. The summed E-state index contributed by atoms with van der Waals surface area (Å²) in [5.41, 5.74) is 0.732. The summed E-state index contributed by atoms with van der Waals surface area (Å²) in [6.45, 7) is 2.79. The fourth-order valence-electron chi connectivity index (χ4n) is 2.64. The Labute approximate surface area is 153 Å². The van der Waals surface area contributed by atoms with Crippen molar-refractivity contribution in [3.05, 3.63) is 53.2 Å². The summed E-state index contributed by atoms with van der Waals surface area (Å²) in [7, 11) is 0. The van der Waals surface area contributed by atoms with Gasteiger partial charge >= 0.3 is 0 Å². The first-order chi connectivity index (χ1) is 12.7. The van der Waals surface area contributed by atoms with E-state index in [9.17, 15) is 4.39 Å². The highest BCUT2D eigenvalue weighted by Gasteiger charge is 2.09. The van der Waals surface area contributed by atoms with Crippen molar-refractivity contribution in [3.8, 4) is 11.4 Å². The summed E-state index contributed by atoms with van der Waals surface area (Å²) in [5, 5.41) is 8.34. The van der Waals surface area contributed by atoms with Crippen molar-refractivity contribution >= 4 is 27.4 Å². The lowest BCUT2D eigenvalue weighted by Crippen LogP contribution is -2.05. The maximum absolute atomic E-state index is 13.0. The van der Waals surface area contributed by atoms with E-state index in [0.29, 0.717) is 18.1 Å². The first-order valence-corrected chi connectivity index (χ1v) is 9.04. The average Bonchev–Trinajstić information content (AvgIpc) is 3.25. The Bertz CT molecular complexity index is 1030. The van der Waals surface area contributed by atoms with Crippen LogP contribution in [-0.2, 0) is 6.42 Å². The molecule has 0 amide bonds. The Morgan fingerprint density at radius 3 is 2.88 bits per heavy atom. The normalized spacial score (nSPS) is 11.2. The van der Waals surface area contributed by atoms with Crippen molar-refractivity contribution < 1.29 is 8.91 Å². The lowest BCUT2D eigenvalue weighted by Gasteiger charge is -2.04. The van der Waals surface area contributed by atoms with Crippen LogP contribution in [0.3, 0.4) is 0 Å². The molecule has 4 aromatic rings. The van der Waals surface area contributed by atoms with Gasteiger partial charge in [0.2, 0.25) is 11.7 Å².